The minimum Gasteiger partial charge on any atom is -0.383 e. The van der Waals surface area contributed by atoms with Gasteiger partial charge in [-0.15, -0.1) is 0 Å². The molecule has 0 aromatic carbocycles. The quantitative estimate of drug-likeness (QED) is 0.643. The molecule has 0 amide bonds. The monoisotopic (exact) mass is 155 g/mol. The molecule has 2 saturated carbocycles. The maximum absolute atomic E-state index is 5.17. The van der Waals surface area contributed by atoms with E-state index in [1.54, 1.807) is 7.11 Å². The van der Waals surface area contributed by atoms with Crippen LogP contribution in [-0.2, 0) is 4.74 Å². The molecule has 1 atom stereocenters. The second kappa shape index (κ2) is 3.11. The first-order valence-corrected chi connectivity index (χ1v) is 4.65. The number of hydrogen-bond donors (Lipinski definition) is 1. The first-order valence-electron chi connectivity index (χ1n) is 4.65. The van der Waals surface area contributed by atoms with Crippen LogP contribution in [0.25, 0.3) is 0 Å². The summed E-state index contributed by atoms with van der Waals surface area (Å²) in [7, 11) is 1.80. The molecule has 2 aliphatic rings. The van der Waals surface area contributed by atoms with Crippen molar-refractivity contribution in [2.24, 2.45) is 5.92 Å². The van der Waals surface area contributed by atoms with E-state index in [0.717, 1.165) is 18.6 Å². The summed E-state index contributed by atoms with van der Waals surface area (Å²) in [6.45, 7) is 0.904. The van der Waals surface area contributed by atoms with Gasteiger partial charge in [-0.05, 0) is 31.6 Å². The van der Waals surface area contributed by atoms with Crippen molar-refractivity contribution in [3.63, 3.8) is 0 Å². The Morgan fingerprint density at radius 2 is 2.09 bits per heavy atom. The van der Waals surface area contributed by atoms with E-state index < -0.39 is 0 Å². The molecule has 0 heterocycles. The third kappa shape index (κ3) is 2.17. The summed E-state index contributed by atoms with van der Waals surface area (Å²) in [5.74, 6) is 0.926. The highest BCUT2D eigenvalue weighted by molar-refractivity contribution is 4.92. The maximum atomic E-state index is 5.17. The predicted molar refractivity (Wildman–Crippen MR) is 44.5 cm³/mol. The molecular formula is C9H17NO. The first kappa shape index (κ1) is 7.56. The first-order chi connectivity index (χ1) is 5.40. The second-order valence-electron chi connectivity index (χ2n) is 3.84. The zero-order valence-corrected chi connectivity index (χ0v) is 7.18. The molecule has 2 fully saturated rings. The average molecular weight is 155 g/mol. The SMILES string of the molecule is COCC(NC1CC1)C1CC1. The van der Waals surface area contributed by atoms with Crippen molar-refractivity contribution in [3.05, 3.63) is 0 Å². The maximum Gasteiger partial charge on any atom is 0.0618 e. The molecule has 0 radical (unpaired) electrons. The van der Waals surface area contributed by atoms with E-state index >= 15 is 0 Å². The average Bonchev–Trinajstić information content (AvgIpc) is 2.84. The van der Waals surface area contributed by atoms with Crippen LogP contribution in [0.4, 0.5) is 0 Å². The normalized spacial score (nSPS) is 27.0. The van der Waals surface area contributed by atoms with Crippen LogP contribution in [0.15, 0.2) is 0 Å². The minimum absolute atomic E-state index is 0.660. The van der Waals surface area contributed by atoms with Gasteiger partial charge in [-0.25, -0.2) is 0 Å². The van der Waals surface area contributed by atoms with Crippen molar-refractivity contribution >= 4 is 0 Å². The molecule has 64 valence electrons. The number of rotatable bonds is 5. The molecule has 2 heteroatoms. The highest BCUT2D eigenvalue weighted by atomic mass is 16.5. The van der Waals surface area contributed by atoms with Crippen molar-refractivity contribution < 1.29 is 4.74 Å². The van der Waals surface area contributed by atoms with Gasteiger partial charge < -0.3 is 10.1 Å². The van der Waals surface area contributed by atoms with Gasteiger partial charge in [0, 0.05) is 19.2 Å². The van der Waals surface area contributed by atoms with Crippen LogP contribution in [0.3, 0.4) is 0 Å². The van der Waals surface area contributed by atoms with Crippen LogP contribution in [0, 0.1) is 5.92 Å². The lowest BCUT2D eigenvalue weighted by molar-refractivity contribution is 0.157. The topological polar surface area (TPSA) is 21.3 Å². The molecule has 0 bridgehead atoms. The fraction of sp³-hybridized carbons (Fsp3) is 1.00. The van der Waals surface area contributed by atoms with Gasteiger partial charge in [0.2, 0.25) is 0 Å². The van der Waals surface area contributed by atoms with Crippen molar-refractivity contribution in [3.8, 4) is 0 Å². The van der Waals surface area contributed by atoms with E-state index in [2.05, 4.69) is 5.32 Å². The summed E-state index contributed by atoms with van der Waals surface area (Å²) in [5, 5.41) is 3.63. The lowest BCUT2D eigenvalue weighted by Crippen LogP contribution is -2.36. The molecule has 2 nitrogen and oxygen atoms in total. The van der Waals surface area contributed by atoms with E-state index in [4.69, 9.17) is 4.74 Å². The van der Waals surface area contributed by atoms with Crippen LogP contribution in [0.1, 0.15) is 25.7 Å². The lowest BCUT2D eigenvalue weighted by Gasteiger charge is -2.16. The van der Waals surface area contributed by atoms with Crippen molar-refractivity contribution in [2.75, 3.05) is 13.7 Å². The summed E-state index contributed by atoms with van der Waals surface area (Å²) in [4.78, 5) is 0. The lowest BCUT2D eigenvalue weighted by atomic mass is 10.2. The van der Waals surface area contributed by atoms with Crippen LogP contribution >= 0.6 is 0 Å². The van der Waals surface area contributed by atoms with Crippen molar-refractivity contribution in [1.82, 2.24) is 5.32 Å². The standard InChI is InChI=1S/C9H17NO/c1-11-6-9(7-2-3-7)10-8-4-5-8/h7-10H,2-6H2,1H3. The Balaban J connectivity index is 1.72. The molecule has 0 aliphatic heterocycles. The Morgan fingerprint density at radius 3 is 2.55 bits per heavy atom. The van der Waals surface area contributed by atoms with Gasteiger partial charge in [-0.3, -0.25) is 0 Å². The van der Waals surface area contributed by atoms with E-state index in [1.807, 2.05) is 0 Å². The van der Waals surface area contributed by atoms with Gasteiger partial charge in [-0.1, -0.05) is 0 Å². The molecule has 0 aromatic heterocycles. The second-order valence-corrected chi connectivity index (χ2v) is 3.84. The Bertz CT molecular complexity index is 130. The Labute approximate surface area is 68.3 Å². The van der Waals surface area contributed by atoms with Gasteiger partial charge in [0.25, 0.3) is 0 Å². The highest BCUT2D eigenvalue weighted by Crippen LogP contribution is 2.34. The van der Waals surface area contributed by atoms with Gasteiger partial charge in [-0.2, -0.15) is 0 Å². The van der Waals surface area contributed by atoms with E-state index in [1.165, 1.54) is 25.7 Å². The molecule has 0 saturated heterocycles. The summed E-state index contributed by atoms with van der Waals surface area (Å²) in [6, 6.07) is 1.49. The number of nitrogens with one attached hydrogen (secondary N) is 1. The van der Waals surface area contributed by atoms with Gasteiger partial charge in [0.05, 0.1) is 6.61 Å². The number of hydrogen-bond acceptors (Lipinski definition) is 2. The fourth-order valence-electron chi connectivity index (χ4n) is 1.55. The summed E-state index contributed by atoms with van der Waals surface area (Å²) in [6.07, 6.45) is 5.58. The van der Waals surface area contributed by atoms with Crippen molar-refractivity contribution in [2.45, 2.75) is 37.8 Å². The Kier molecular flexibility index (Phi) is 2.14. The number of methoxy groups -OCH3 is 1. The fourth-order valence-corrected chi connectivity index (χ4v) is 1.55. The van der Waals surface area contributed by atoms with Crippen LogP contribution < -0.4 is 5.32 Å². The third-order valence-electron chi connectivity index (χ3n) is 2.56. The highest BCUT2D eigenvalue weighted by Gasteiger charge is 2.34. The largest absolute Gasteiger partial charge is 0.383 e. The van der Waals surface area contributed by atoms with Crippen LogP contribution in [0.5, 0.6) is 0 Å². The molecule has 1 unspecified atom stereocenters. The van der Waals surface area contributed by atoms with Crippen LogP contribution in [0.2, 0.25) is 0 Å². The molecule has 2 rings (SSSR count). The van der Waals surface area contributed by atoms with E-state index in [-0.39, 0.29) is 0 Å². The number of ether oxygens (including phenoxy) is 1. The predicted octanol–water partition coefficient (Wildman–Crippen LogP) is 1.16. The molecular weight excluding hydrogens is 138 g/mol. The molecule has 0 aromatic rings. The minimum atomic E-state index is 0.660. The van der Waals surface area contributed by atoms with Crippen LogP contribution in [-0.4, -0.2) is 25.8 Å². The molecule has 0 spiro atoms. The zero-order valence-electron chi connectivity index (χ0n) is 7.18. The van der Waals surface area contributed by atoms with Crippen molar-refractivity contribution in [1.29, 1.82) is 0 Å². The Morgan fingerprint density at radius 1 is 1.36 bits per heavy atom. The van der Waals surface area contributed by atoms with Gasteiger partial charge >= 0.3 is 0 Å². The molecule has 1 N–H and O–H groups in total. The Hall–Kier alpha value is -0.0800. The molecule has 2 aliphatic carbocycles. The van der Waals surface area contributed by atoms with E-state index in [0.29, 0.717) is 6.04 Å². The summed E-state index contributed by atoms with van der Waals surface area (Å²) in [5.41, 5.74) is 0. The smallest absolute Gasteiger partial charge is 0.0618 e. The summed E-state index contributed by atoms with van der Waals surface area (Å²) >= 11 is 0. The van der Waals surface area contributed by atoms with Gasteiger partial charge in [0.15, 0.2) is 0 Å². The van der Waals surface area contributed by atoms with Gasteiger partial charge in [0.1, 0.15) is 0 Å². The molecule has 11 heavy (non-hydrogen) atoms. The third-order valence-corrected chi connectivity index (χ3v) is 2.56. The zero-order chi connectivity index (χ0) is 7.68. The van der Waals surface area contributed by atoms with E-state index in [9.17, 15) is 0 Å². The summed E-state index contributed by atoms with van der Waals surface area (Å²) < 4.78 is 5.17.